The molecule has 1 fully saturated rings. The van der Waals surface area contributed by atoms with Gasteiger partial charge in [0.05, 0.1) is 12.6 Å². The minimum atomic E-state index is -2.17. The number of rotatable bonds is 8. The van der Waals surface area contributed by atoms with Crippen molar-refractivity contribution in [3.8, 4) is 5.75 Å². The lowest BCUT2D eigenvalue weighted by Crippen LogP contribution is -2.50. The quantitative estimate of drug-likeness (QED) is 0.224. The Bertz CT molecular complexity index is 1360. The van der Waals surface area contributed by atoms with Gasteiger partial charge in [-0.05, 0) is 72.0 Å². The molecule has 1 heterocycles. The van der Waals surface area contributed by atoms with E-state index >= 15 is 0 Å². The topological polar surface area (TPSA) is 94.2 Å². The highest BCUT2D eigenvalue weighted by Crippen LogP contribution is 2.40. The molecule has 2 aromatic rings. The molecule has 2 amide bonds. The zero-order valence-electron chi connectivity index (χ0n) is 31.9. The number of amides is 2. The molecule has 9 heteroatoms. The number of benzene rings is 2. The third-order valence-electron chi connectivity index (χ3n) is 10.5. The molecule has 0 aromatic heterocycles. The monoisotopic (exact) mass is 694 g/mol. The average Bonchev–Trinajstić information content (AvgIpc) is 3.03. The number of carbonyl (C=O) groups excluding carboxylic acids is 3. The van der Waals surface area contributed by atoms with Crippen LogP contribution in [0.3, 0.4) is 0 Å². The van der Waals surface area contributed by atoms with E-state index in [0.717, 1.165) is 17.5 Å². The summed E-state index contributed by atoms with van der Waals surface area (Å²) in [6, 6.07) is 16.7. The summed E-state index contributed by atoms with van der Waals surface area (Å²) >= 11 is 0. The Morgan fingerprint density at radius 3 is 2.14 bits per heavy atom. The molecule has 1 N–H and O–H groups in total. The maximum absolute atomic E-state index is 14.1. The molecule has 2 aromatic carbocycles. The van der Waals surface area contributed by atoms with Gasteiger partial charge in [0, 0.05) is 25.8 Å². The highest BCUT2D eigenvalue weighted by atomic mass is 28.4. The van der Waals surface area contributed by atoms with Crippen LogP contribution in [0.5, 0.6) is 5.75 Å². The van der Waals surface area contributed by atoms with Gasteiger partial charge in [0.1, 0.15) is 24.5 Å². The summed E-state index contributed by atoms with van der Waals surface area (Å²) < 4.78 is 19.4. The fraction of sp³-hybridized carbons (Fsp3) is 0.625. The zero-order chi connectivity index (χ0) is 36.5. The molecular weight excluding hydrogens is 633 g/mol. The number of nitrogens with zero attached hydrogens (tertiary/aromatic N) is 1. The van der Waals surface area contributed by atoms with Gasteiger partial charge in [-0.25, -0.2) is 4.79 Å². The second-order valence-electron chi connectivity index (χ2n) is 16.2. The van der Waals surface area contributed by atoms with Crippen LogP contribution in [0.1, 0.15) is 85.8 Å². The minimum absolute atomic E-state index is 0.0144. The van der Waals surface area contributed by atoms with E-state index in [-0.39, 0.29) is 59.6 Å². The standard InChI is InChI=1S/C40H62N2O6Si/c1-27(2)35-24-36(48-49(10,11)40(6,7)8)29(4)21-28(3)22-30(5)38(44)41-25-37(43)42(9)34(39(45)47-35)23-31-17-19-33(20-18-31)46-26-32-15-13-12-14-16-32/h12-20,27-30,34-36H,21-26H2,1-11H3,(H,41,44)/t28-,29+,30-,34+,35-,36-/m0/s1. The second-order valence-corrected chi connectivity index (χ2v) is 20.9. The molecule has 0 aliphatic carbocycles. The number of carbonyl (C=O) groups is 3. The summed E-state index contributed by atoms with van der Waals surface area (Å²) in [4.78, 5) is 42.1. The molecule has 1 saturated heterocycles. The van der Waals surface area contributed by atoms with Crippen LogP contribution in [0.15, 0.2) is 54.6 Å². The largest absolute Gasteiger partial charge is 0.489 e. The van der Waals surface area contributed by atoms with E-state index in [9.17, 15) is 14.4 Å². The van der Waals surface area contributed by atoms with Crippen molar-refractivity contribution >= 4 is 26.1 Å². The Morgan fingerprint density at radius 2 is 1.55 bits per heavy atom. The van der Waals surface area contributed by atoms with Crippen LogP contribution in [0.25, 0.3) is 0 Å². The normalized spacial score (nSPS) is 25.6. The predicted molar refractivity (Wildman–Crippen MR) is 199 cm³/mol. The predicted octanol–water partition coefficient (Wildman–Crippen LogP) is 7.80. The Kier molecular flexibility index (Phi) is 14.5. The van der Waals surface area contributed by atoms with Crippen LogP contribution < -0.4 is 10.1 Å². The van der Waals surface area contributed by atoms with Crippen molar-refractivity contribution in [3.05, 3.63) is 65.7 Å². The van der Waals surface area contributed by atoms with Crippen LogP contribution in [0.2, 0.25) is 18.1 Å². The van der Waals surface area contributed by atoms with Crippen LogP contribution in [0.4, 0.5) is 0 Å². The second kappa shape index (κ2) is 17.7. The van der Waals surface area contributed by atoms with Crippen LogP contribution >= 0.6 is 0 Å². The number of hydrogen-bond donors (Lipinski definition) is 1. The van der Waals surface area contributed by atoms with E-state index in [2.05, 4.69) is 66.9 Å². The maximum Gasteiger partial charge on any atom is 0.329 e. The summed E-state index contributed by atoms with van der Waals surface area (Å²) in [7, 11) is -0.554. The van der Waals surface area contributed by atoms with Gasteiger partial charge in [-0.3, -0.25) is 9.59 Å². The Balaban J connectivity index is 1.91. The summed E-state index contributed by atoms with van der Waals surface area (Å²) in [6.07, 6.45) is 1.90. The van der Waals surface area contributed by atoms with E-state index in [1.165, 1.54) is 4.90 Å². The lowest BCUT2D eigenvalue weighted by molar-refractivity contribution is -0.162. The molecule has 272 valence electrons. The van der Waals surface area contributed by atoms with Crippen molar-refractivity contribution in [1.82, 2.24) is 10.2 Å². The lowest BCUT2D eigenvalue weighted by Gasteiger charge is -2.42. The van der Waals surface area contributed by atoms with Crippen molar-refractivity contribution in [3.63, 3.8) is 0 Å². The van der Waals surface area contributed by atoms with E-state index in [1.54, 1.807) is 7.05 Å². The van der Waals surface area contributed by atoms with Gasteiger partial charge in [-0.15, -0.1) is 0 Å². The lowest BCUT2D eigenvalue weighted by atomic mass is 9.84. The summed E-state index contributed by atoms with van der Waals surface area (Å²) in [6.45, 7) is 22.0. The van der Waals surface area contributed by atoms with Crippen LogP contribution in [-0.2, 0) is 36.6 Å². The van der Waals surface area contributed by atoms with E-state index in [1.807, 2.05) is 61.5 Å². The molecule has 1 aliphatic heterocycles. The molecular formula is C40H62N2O6Si. The molecule has 0 spiro atoms. The number of cyclic esters (lactones) is 1. The fourth-order valence-electron chi connectivity index (χ4n) is 6.16. The minimum Gasteiger partial charge on any atom is -0.489 e. The van der Waals surface area contributed by atoms with Gasteiger partial charge < -0.3 is 24.1 Å². The fourth-order valence-corrected chi connectivity index (χ4v) is 7.60. The molecule has 49 heavy (non-hydrogen) atoms. The van der Waals surface area contributed by atoms with Gasteiger partial charge in [0.2, 0.25) is 11.8 Å². The summed E-state index contributed by atoms with van der Waals surface area (Å²) in [5.74, 6) is -0.00282. The third-order valence-corrected chi connectivity index (χ3v) is 15.0. The van der Waals surface area contributed by atoms with Crippen LogP contribution in [0, 0.1) is 23.7 Å². The Morgan fingerprint density at radius 1 is 0.918 bits per heavy atom. The van der Waals surface area contributed by atoms with Crippen molar-refractivity contribution < 1.29 is 28.3 Å². The number of likely N-dealkylation sites (N-methyl/N-ethyl adjacent to an activating group) is 1. The molecule has 0 saturated carbocycles. The van der Waals surface area contributed by atoms with Crippen molar-refractivity contribution in [1.29, 1.82) is 0 Å². The zero-order valence-corrected chi connectivity index (χ0v) is 32.9. The molecule has 1 aliphatic rings. The van der Waals surface area contributed by atoms with Crippen molar-refractivity contribution in [2.75, 3.05) is 13.6 Å². The van der Waals surface area contributed by atoms with Gasteiger partial charge in [-0.1, -0.05) is 97.9 Å². The molecule has 3 rings (SSSR count). The van der Waals surface area contributed by atoms with Crippen molar-refractivity contribution in [2.45, 2.75) is 124 Å². The van der Waals surface area contributed by atoms with Gasteiger partial charge in [0.25, 0.3) is 0 Å². The van der Waals surface area contributed by atoms with E-state index in [4.69, 9.17) is 13.9 Å². The Hall–Kier alpha value is -3.17. The van der Waals surface area contributed by atoms with Gasteiger partial charge in [-0.2, -0.15) is 0 Å². The Labute approximate surface area is 296 Å². The highest BCUT2D eigenvalue weighted by Gasteiger charge is 2.42. The SMILES string of the molecule is CC(C)[C@@H]1C[C@H](O[Si](C)(C)C(C)(C)C)[C@H](C)C[C@H](C)C[C@H](C)C(=O)NCC(=O)N(C)[C@H](Cc2ccc(OCc3ccccc3)cc2)C(=O)O1. The molecule has 0 unspecified atom stereocenters. The van der Waals surface area contributed by atoms with Gasteiger partial charge >= 0.3 is 5.97 Å². The smallest absolute Gasteiger partial charge is 0.329 e. The van der Waals surface area contributed by atoms with Crippen LogP contribution in [-0.4, -0.2) is 62.8 Å². The van der Waals surface area contributed by atoms with E-state index in [0.29, 0.717) is 25.2 Å². The first-order valence-electron chi connectivity index (χ1n) is 18.0. The molecule has 0 radical (unpaired) electrons. The number of esters is 1. The van der Waals surface area contributed by atoms with E-state index < -0.39 is 26.4 Å². The molecule has 0 bridgehead atoms. The third kappa shape index (κ3) is 12.0. The first-order chi connectivity index (χ1) is 22.9. The van der Waals surface area contributed by atoms with Gasteiger partial charge in [0.15, 0.2) is 8.32 Å². The average molecular weight is 695 g/mol. The number of nitrogens with one attached hydrogen (secondary N) is 1. The molecule has 6 atom stereocenters. The molecule has 8 nitrogen and oxygen atoms in total. The first kappa shape index (κ1) is 40.3. The first-order valence-corrected chi connectivity index (χ1v) is 21.0. The number of hydrogen-bond acceptors (Lipinski definition) is 6. The highest BCUT2D eigenvalue weighted by molar-refractivity contribution is 6.74. The summed E-state index contributed by atoms with van der Waals surface area (Å²) in [5, 5.41) is 2.84. The number of ether oxygens (including phenoxy) is 2. The maximum atomic E-state index is 14.1. The summed E-state index contributed by atoms with van der Waals surface area (Å²) in [5.41, 5.74) is 1.94. The van der Waals surface area contributed by atoms with Crippen molar-refractivity contribution in [2.24, 2.45) is 23.7 Å².